The van der Waals surface area contributed by atoms with Gasteiger partial charge in [0, 0.05) is 30.7 Å². The Balaban J connectivity index is 1.98. The summed E-state index contributed by atoms with van der Waals surface area (Å²) in [6.45, 7) is 5.07. The second-order valence-corrected chi connectivity index (χ2v) is 6.76. The van der Waals surface area contributed by atoms with Gasteiger partial charge in [0.15, 0.2) is 5.78 Å². The predicted octanol–water partition coefficient (Wildman–Crippen LogP) is 3.10. The number of nitrogens with one attached hydrogen (secondary N) is 2. The molecule has 1 aromatic carbocycles. The van der Waals surface area contributed by atoms with Crippen molar-refractivity contribution in [3.63, 3.8) is 0 Å². The van der Waals surface area contributed by atoms with Crippen LogP contribution in [0.25, 0.3) is 0 Å². The molecule has 3 rings (SSSR count). The van der Waals surface area contributed by atoms with Crippen LogP contribution in [0, 0.1) is 13.8 Å². The van der Waals surface area contributed by atoms with E-state index in [0.717, 1.165) is 11.3 Å². The van der Waals surface area contributed by atoms with Crippen LogP contribution in [0.3, 0.4) is 0 Å². The van der Waals surface area contributed by atoms with E-state index in [0.29, 0.717) is 28.3 Å². The van der Waals surface area contributed by atoms with Crippen molar-refractivity contribution in [3.05, 3.63) is 70.6 Å². The summed E-state index contributed by atoms with van der Waals surface area (Å²) < 4.78 is 7.09. The second kappa shape index (κ2) is 7.72. The van der Waals surface area contributed by atoms with Crippen LogP contribution in [0.15, 0.2) is 36.7 Å². The quantitative estimate of drug-likeness (QED) is 0.643. The van der Waals surface area contributed by atoms with Crippen molar-refractivity contribution < 1.29 is 14.3 Å². The van der Waals surface area contributed by atoms with Crippen molar-refractivity contribution in [2.45, 2.75) is 26.8 Å². The van der Waals surface area contributed by atoms with Gasteiger partial charge in [-0.2, -0.15) is 0 Å². The normalized spacial score (nSPS) is 11.9. The van der Waals surface area contributed by atoms with Crippen LogP contribution in [0.1, 0.15) is 56.5 Å². The first-order valence-corrected chi connectivity index (χ1v) is 8.95. The molecule has 1 atom stereocenters. The Morgan fingerprint density at radius 3 is 2.39 bits per heavy atom. The van der Waals surface area contributed by atoms with Crippen molar-refractivity contribution in [1.29, 1.82) is 0 Å². The van der Waals surface area contributed by atoms with Crippen LogP contribution in [0.4, 0.5) is 0 Å². The maximum Gasteiger partial charge on any atom is 0.268 e. The van der Waals surface area contributed by atoms with E-state index in [4.69, 9.17) is 4.74 Å². The number of amides is 1. The van der Waals surface area contributed by atoms with Gasteiger partial charge in [-0.25, -0.2) is 4.98 Å². The van der Waals surface area contributed by atoms with Crippen LogP contribution < -0.4 is 10.1 Å². The van der Waals surface area contributed by atoms with E-state index in [-0.39, 0.29) is 11.7 Å². The van der Waals surface area contributed by atoms with Crippen LogP contribution in [-0.4, -0.2) is 33.3 Å². The molecule has 2 N–H and O–H groups in total. The van der Waals surface area contributed by atoms with E-state index < -0.39 is 6.04 Å². The highest BCUT2D eigenvalue weighted by Crippen LogP contribution is 2.25. The highest BCUT2D eigenvalue weighted by Gasteiger charge is 2.25. The number of imidazole rings is 1. The Labute approximate surface area is 163 Å². The van der Waals surface area contributed by atoms with Gasteiger partial charge in [-0.05, 0) is 44.0 Å². The molecule has 0 spiro atoms. The molecule has 0 fully saturated rings. The average molecular weight is 380 g/mol. The lowest BCUT2D eigenvalue weighted by atomic mass is 10.0. The van der Waals surface area contributed by atoms with Gasteiger partial charge in [-0.15, -0.1) is 0 Å². The Kier molecular flexibility index (Phi) is 5.35. The zero-order chi connectivity index (χ0) is 20.4. The summed E-state index contributed by atoms with van der Waals surface area (Å²) in [5, 5.41) is 3.04. The molecule has 0 radical (unpaired) electrons. The number of carbonyl (C=O) groups is 2. The summed E-state index contributed by atoms with van der Waals surface area (Å²) in [4.78, 5) is 32.4. The molecule has 0 saturated heterocycles. The number of hydrogen-bond acceptors (Lipinski definition) is 4. The van der Waals surface area contributed by atoms with Gasteiger partial charge in [0.25, 0.3) is 5.91 Å². The minimum Gasteiger partial charge on any atom is -0.497 e. The van der Waals surface area contributed by atoms with Gasteiger partial charge in [0.2, 0.25) is 0 Å². The monoisotopic (exact) mass is 380 g/mol. The van der Waals surface area contributed by atoms with Crippen molar-refractivity contribution in [1.82, 2.24) is 19.9 Å². The SMILES string of the molecule is COc1ccc(C(NC(=O)c2[nH]c(C)c(C(C)=O)c2C)c2nccn2C)cc1. The molecule has 146 valence electrons. The first kappa shape index (κ1) is 19.4. The molecule has 2 heterocycles. The van der Waals surface area contributed by atoms with E-state index in [2.05, 4.69) is 15.3 Å². The predicted molar refractivity (Wildman–Crippen MR) is 106 cm³/mol. The van der Waals surface area contributed by atoms with E-state index in [1.165, 1.54) is 6.92 Å². The molecule has 2 aromatic heterocycles. The number of benzene rings is 1. The molecule has 7 nitrogen and oxygen atoms in total. The van der Waals surface area contributed by atoms with Crippen LogP contribution in [0.5, 0.6) is 5.75 Å². The summed E-state index contributed by atoms with van der Waals surface area (Å²) in [5.74, 6) is 1.07. The van der Waals surface area contributed by atoms with Crippen LogP contribution >= 0.6 is 0 Å². The largest absolute Gasteiger partial charge is 0.497 e. The van der Waals surface area contributed by atoms with Crippen LogP contribution in [0.2, 0.25) is 0 Å². The first-order valence-electron chi connectivity index (χ1n) is 8.95. The lowest BCUT2D eigenvalue weighted by Gasteiger charge is -2.19. The molecule has 3 aromatic rings. The third-order valence-electron chi connectivity index (χ3n) is 4.86. The number of hydrogen-bond donors (Lipinski definition) is 2. The van der Waals surface area contributed by atoms with Gasteiger partial charge in [-0.1, -0.05) is 12.1 Å². The third kappa shape index (κ3) is 3.55. The molecule has 1 unspecified atom stereocenters. The van der Waals surface area contributed by atoms with Gasteiger partial charge in [-0.3, -0.25) is 9.59 Å². The summed E-state index contributed by atoms with van der Waals surface area (Å²) in [5.41, 5.74) is 3.15. The molecule has 28 heavy (non-hydrogen) atoms. The van der Waals surface area contributed by atoms with Crippen molar-refractivity contribution in [2.24, 2.45) is 7.05 Å². The zero-order valence-corrected chi connectivity index (χ0v) is 16.7. The molecule has 0 aliphatic carbocycles. The number of nitrogens with zero attached hydrogens (tertiary/aromatic N) is 2. The summed E-state index contributed by atoms with van der Waals surface area (Å²) >= 11 is 0. The molecular weight excluding hydrogens is 356 g/mol. The topological polar surface area (TPSA) is 89.0 Å². The Morgan fingerprint density at radius 2 is 1.89 bits per heavy atom. The fourth-order valence-electron chi connectivity index (χ4n) is 3.46. The second-order valence-electron chi connectivity index (χ2n) is 6.76. The number of H-pyrrole nitrogens is 1. The molecule has 0 aliphatic rings. The highest BCUT2D eigenvalue weighted by atomic mass is 16.5. The van der Waals surface area contributed by atoms with Gasteiger partial charge in [0.1, 0.15) is 23.3 Å². The number of rotatable bonds is 6. The molecule has 1 amide bonds. The van der Waals surface area contributed by atoms with Gasteiger partial charge < -0.3 is 19.6 Å². The number of aromatic nitrogens is 3. The maximum atomic E-state index is 13.1. The van der Waals surface area contributed by atoms with E-state index in [1.807, 2.05) is 42.1 Å². The highest BCUT2D eigenvalue weighted by molar-refractivity contribution is 6.02. The fourth-order valence-corrected chi connectivity index (χ4v) is 3.46. The summed E-state index contributed by atoms with van der Waals surface area (Å²) in [6.07, 6.45) is 3.52. The van der Waals surface area contributed by atoms with Gasteiger partial charge >= 0.3 is 0 Å². The molecule has 7 heteroatoms. The van der Waals surface area contributed by atoms with Crippen molar-refractivity contribution >= 4 is 11.7 Å². The van der Waals surface area contributed by atoms with Crippen molar-refractivity contribution in [2.75, 3.05) is 7.11 Å². The fraction of sp³-hybridized carbons (Fsp3) is 0.286. The molecule has 0 bridgehead atoms. The van der Waals surface area contributed by atoms with Gasteiger partial charge in [0.05, 0.1) is 7.11 Å². The number of ketones is 1. The third-order valence-corrected chi connectivity index (χ3v) is 4.86. The average Bonchev–Trinajstić information content (AvgIpc) is 3.22. The van der Waals surface area contributed by atoms with Crippen molar-refractivity contribution in [3.8, 4) is 5.75 Å². The first-order chi connectivity index (χ1) is 13.3. The minimum absolute atomic E-state index is 0.0684. The number of methoxy groups -OCH3 is 1. The standard InChI is InChI=1S/C21H24N4O3/c1-12-17(14(3)26)13(2)23-18(12)21(27)24-19(20-22-10-11-25(20)4)15-6-8-16(28-5)9-7-15/h6-11,19,23H,1-5H3,(H,24,27). The number of ether oxygens (including phenoxy) is 1. The smallest absolute Gasteiger partial charge is 0.268 e. The maximum absolute atomic E-state index is 13.1. The Bertz CT molecular complexity index is 1010. The lowest BCUT2D eigenvalue weighted by Crippen LogP contribution is -2.31. The minimum atomic E-state index is -0.456. The Morgan fingerprint density at radius 1 is 1.21 bits per heavy atom. The van der Waals surface area contributed by atoms with E-state index in [9.17, 15) is 9.59 Å². The summed E-state index contributed by atoms with van der Waals surface area (Å²) in [7, 11) is 3.49. The number of aryl methyl sites for hydroxylation is 2. The summed E-state index contributed by atoms with van der Waals surface area (Å²) in [6, 6.07) is 7.02. The Hall–Kier alpha value is -3.35. The number of aromatic amines is 1. The zero-order valence-electron chi connectivity index (χ0n) is 16.7. The number of carbonyl (C=O) groups excluding carboxylic acids is 2. The molecular formula is C21H24N4O3. The van der Waals surface area contributed by atoms with E-state index >= 15 is 0 Å². The van der Waals surface area contributed by atoms with E-state index in [1.54, 1.807) is 27.2 Å². The molecule has 0 saturated carbocycles. The van der Waals surface area contributed by atoms with Crippen LogP contribution in [-0.2, 0) is 7.05 Å². The number of Topliss-reactive ketones (excluding diaryl/α,β-unsaturated/α-hetero) is 1. The molecule has 0 aliphatic heterocycles. The lowest BCUT2D eigenvalue weighted by molar-refractivity contribution is 0.0935.